The van der Waals surface area contributed by atoms with E-state index in [4.69, 9.17) is 14.5 Å². The summed E-state index contributed by atoms with van der Waals surface area (Å²) in [5.74, 6) is 0.477. The monoisotopic (exact) mass is 468 g/mol. The van der Waals surface area contributed by atoms with Crippen LogP contribution in [0.25, 0.3) is 33.5 Å². The number of fused-ring (bicyclic) bond motifs is 1. The first-order chi connectivity index (χ1) is 17.1. The average Bonchev–Trinajstić information content (AvgIpc) is 3.34. The van der Waals surface area contributed by atoms with Crippen molar-refractivity contribution in [1.82, 2.24) is 15.1 Å². The fraction of sp³-hybridized carbons (Fsp3) is 0.0769. The molecule has 2 aromatic heterocycles. The Hall–Kier alpha value is -4.92. The Morgan fingerprint density at radius 2 is 1.74 bits per heavy atom. The summed E-state index contributed by atoms with van der Waals surface area (Å²) in [5, 5.41) is 7.33. The quantitative estimate of drug-likeness (QED) is 0.376. The molecule has 0 bridgehead atoms. The summed E-state index contributed by atoms with van der Waals surface area (Å²) in [7, 11) is 3.14. The Morgan fingerprint density at radius 1 is 0.914 bits per heavy atom. The van der Waals surface area contributed by atoms with Crippen molar-refractivity contribution >= 4 is 22.5 Å². The van der Waals surface area contributed by atoms with Gasteiger partial charge in [-0.25, -0.2) is 9.78 Å². The third kappa shape index (κ3) is 4.34. The number of aromatic amines is 1. The Kier molecular flexibility index (Phi) is 5.72. The maximum absolute atomic E-state index is 13.4. The van der Waals surface area contributed by atoms with Crippen molar-refractivity contribution in [3.8, 4) is 34.1 Å². The Bertz CT molecular complexity index is 1610. The highest BCUT2D eigenvalue weighted by atomic mass is 16.5. The number of carbonyl (C=O) groups is 1. The smallest absolute Gasteiger partial charge is 0.439 e. The number of hydrogen-bond acceptors (Lipinski definition) is 7. The summed E-state index contributed by atoms with van der Waals surface area (Å²) in [4.78, 5) is 31.9. The average molecular weight is 468 g/mol. The van der Waals surface area contributed by atoms with Crippen LogP contribution in [0.15, 0.2) is 82.1 Å². The molecular formula is C26H20N4O5. The number of benzene rings is 3. The van der Waals surface area contributed by atoms with Gasteiger partial charge in [0, 0.05) is 22.2 Å². The van der Waals surface area contributed by atoms with Crippen LogP contribution in [-0.2, 0) is 0 Å². The molecule has 0 saturated heterocycles. The molecular weight excluding hydrogens is 448 g/mol. The molecule has 0 aliphatic heterocycles. The van der Waals surface area contributed by atoms with Gasteiger partial charge < -0.3 is 14.8 Å². The van der Waals surface area contributed by atoms with E-state index in [1.165, 1.54) is 0 Å². The van der Waals surface area contributed by atoms with E-state index in [0.29, 0.717) is 44.9 Å². The predicted octanol–water partition coefficient (Wildman–Crippen LogP) is 4.51. The van der Waals surface area contributed by atoms with Crippen molar-refractivity contribution in [2.45, 2.75) is 0 Å². The Morgan fingerprint density at radius 3 is 2.51 bits per heavy atom. The highest BCUT2D eigenvalue weighted by molar-refractivity contribution is 6.13. The molecule has 2 heterocycles. The SMILES string of the molecule is COc1ccc(-c2cc(C(=O)Nc3cccc(-c4noc(=O)[nH]4)c3)c3ccccc3n2)cc1OC. The van der Waals surface area contributed by atoms with Gasteiger partial charge in [-0.2, -0.15) is 0 Å². The standard InChI is InChI=1S/C26H20N4O5/c1-33-22-11-10-15(13-23(22)34-2)21-14-19(18-8-3-4-9-20(18)28-21)25(31)27-17-7-5-6-16(12-17)24-29-26(32)35-30-24/h3-14H,1-2H3,(H,27,31)(H,29,30,32). The van der Waals surface area contributed by atoms with Crippen molar-refractivity contribution < 1.29 is 18.8 Å². The van der Waals surface area contributed by atoms with Crippen LogP contribution in [0.3, 0.4) is 0 Å². The lowest BCUT2D eigenvalue weighted by Crippen LogP contribution is -2.13. The number of H-pyrrole nitrogens is 1. The molecule has 174 valence electrons. The van der Waals surface area contributed by atoms with Gasteiger partial charge in [0.15, 0.2) is 17.3 Å². The minimum Gasteiger partial charge on any atom is -0.493 e. The van der Waals surface area contributed by atoms with Gasteiger partial charge in [0.05, 0.1) is 31.0 Å². The lowest BCUT2D eigenvalue weighted by Gasteiger charge is -2.13. The fourth-order valence-corrected chi connectivity index (χ4v) is 3.80. The van der Waals surface area contributed by atoms with Gasteiger partial charge in [-0.1, -0.05) is 35.5 Å². The molecule has 5 aromatic rings. The molecule has 0 saturated carbocycles. The molecule has 0 aliphatic carbocycles. The van der Waals surface area contributed by atoms with Crippen LogP contribution in [0.5, 0.6) is 11.5 Å². The first-order valence-electron chi connectivity index (χ1n) is 10.7. The first kappa shape index (κ1) is 21.9. The van der Waals surface area contributed by atoms with Crippen LogP contribution >= 0.6 is 0 Å². The zero-order valence-corrected chi connectivity index (χ0v) is 18.9. The van der Waals surface area contributed by atoms with Crippen molar-refractivity contribution in [2.75, 3.05) is 19.5 Å². The minimum atomic E-state index is -0.652. The molecule has 3 aromatic carbocycles. The minimum absolute atomic E-state index is 0.274. The molecule has 2 N–H and O–H groups in total. The molecule has 5 rings (SSSR count). The van der Waals surface area contributed by atoms with E-state index >= 15 is 0 Å². The fourth-order valence-electron chi connectivity index (χ4n) is 3.80. The number of hydrogen-bond donors (Lipinski definition) is 2. The zero-order valence-electron chi connectivity index (χ0n) is 18.9. The van der Waals surface area contributed by atoms with E-state index in [1.807, 2.05) is 36.4 Å². The highest BCUT2D eigenvalue weighted by Gasteiger charge is 2.16. The van der Waals surface area contributed by atoms with Crippen LogP contribution in [0.4, 0.5) is 5.69 Å². The van der Waals surface area contributed by atoms with Gasteiger partial charge in [0.2, 0.25) is 0 Å². The molecule has 1 amide bonds. The predicted molar refractivity (Wildman–Crippen MR) is 131 cm³/mol. The number of nitrogens with zero attached hydrogens (tertiary/aromatic N) is 2. The van der Waals surface area contributed by atoms with Crippen molar-refractivity contribution in [2.24, 2.45) is 0 Å². The van der Waals surface area contributed by atoms with E-state index in [2.05, 4.69) is 20.0 Å². The van der Waals surface area contributed by atoms with Gasteiger partial charge in [0.25, 0.3) is 5.91 Å². The summed E-state index contributed by atoms with van der Waals surface area (Å²) < 4.78 is 15.3. The van der Waals surface area contributed by atoms with E-state index < -0.39 is 5.76 Å². The number of methoxy groups -OCH3 is 2. The van der Waals surface area contributed by atoms with Crippen molar-refractivity contribution in [1.29, 1.82) is 0 Å². The maximum Gasteiger partial charge on any atom is 0.439 e. The van der Waals surface area contributed by atoms with Gasteiger partial charge in [0.1, 0.15) is 0 Å². The first-order valence-corrected chi connectivity index (χ1v) is 10.7. The van der Waals surface area contributed by atoms with Gasteiger partial charge in [-0.05, 0) is 42.5 Å². The Balaban J connectivity index is 1.54. The summed E-state index contributed by atoms with van der Waals surface area (Å²) in [6.07, 6.45) is 0. The van der Waals surface area contributed by atoms with Gasteiger partial charge in [-0.3, -0.25) is 14.3 Å². The normalized spacial score (nSPS) is 10.8. The molecule has 0 radical (unpaired) electrons. The van der Waals surface area contributed by atoms with Crippen molar-refractivity contribution in [3.05, 3.63) is 88.9 Å². The second kappa shape index (κ2) is 9.14. The summed E-state index contributed by atoms with van der Waals surface area (Å²) in [6.45, 7) is 0. The van der Waals surface area contributed by atoms with Crippen LogP contribution in [-0.4, -0.2) is 35.3 Å². The van der Waals surface area contributed by atoms with Crippen LogP contribution in [0, 0.1) is 0 Å². The maximum atomic E-state index is 13.4. The highest BCUT2D eigenvalue weighted by Crippen LogP contribution is 2.33. The topological polar surface area (TPSA) is 119 Å². The number of rotatable bonds is 6. The molecule has 35 heavy (non-hydrogen) atoms. The van der Waals surface area contributed by atoms with Crippen LogP contribution in [0.2, 0.25) is 0 Å². The third-order valence-electron chi connectivity index (χ3n) is 5.47. The van der Waals surface area contributed by atoms with E-state index in [-0.39, 0.29) is 11.7 Å². The number of ether oxygens (including phenoxy) is 2. The molecule has 0 spiro atoms. The van der Waals surface area contributed by atoms with E-state index in [9.17, 15) is 9.59 Å². The largest absolute Gasteiger partial charge is 0.493 e. The zero-order chi connectivity index (χ0) is 24.4. The lowest BCUT2D eigenvalue weighted by atomic mass is 10.0. The van der Waals surface area contributed by atoms with E-state index in [1.54, 1.807) is 50.6 Å². The molecule has 0 fully saturated rings. The molecule has 9 heteroatoms. The lowest BCUT2D eigenvalue weighted by molar-refractivity contribution is 0.102. The number of aromatic nitrogens is 3. The Labute approximate surface area is 199 Å². The molecule has 9 nitrogen and oxygen atoms in total. The number of pyridine rings is 1. The second-order valence-electron chi connectivity index (χ2n) is 7.62. The van der Waals surface area contributed by atoms with Crippen LogP contribution < -0.4 is 20.5 Å². The number of amides is 1. The molecule has 0 aliphatic rings. The van der Waals surface area contributed by atoms with Crippen LogP contribution in [0.1, 0.15) is 10.4 Å². The summed E-state index contributed by atoms with van der Waals surface area (Å²) in [5.41, 5.74) is 3.66. The van der Waals surface area contributed by atoms with Crippen molar-refractivity contribution in [3.63, 3.8) is 0 Å². The number of para-hydroxylation sites is 1. The molecule has 0 atom stereocenters. The second-order valence-corrected chi connectivity index (χ2v) is 7.62. The number of nitrogens with one attached hydrogen (secondary N) is 2. The van der Waals surface area contributed by atoms with Gasteiger partial charge >= 0.3 is 5.76 Å². The number of anilines is 1. The third-order valence-corrected chi connectivity index (χ3v) is 5.47. The van der Waals surface area contributed by atoms with Gasteiger partial charge in [-0.15, -0.1) is 0 Å². The summed E-state index contributed by atoms with van der Waals surface area (Å²) in [6, 6.07) is 21.6. The molecule has 0 unspecified atom stereocenters. The van der Waals surface area contributed by atoms with E-state index in [0.717, 1.165) is 5.56 Å². The number of carbonyl (C=O) groups excluding carboxylic acids is 1. The summed E-state index contributed by atoms with van der Waals surface area (Å²) >= 11 is 0.